The summed E-state index contributed by atoms with van der Waals surface area (Å²) in [4.78, 5) is 1.48. The molecule has 0 fully saturated rings. The molecule has 3 rings (SSSR count). The van der Waals surface area contributed by atoms with Crippen LogP contribution in [-0.4, -0.2) is 41.5 Å². The predicted molar refractivity (Wildman–Crippen MR) is 93.3 cm³/mol. The number of ether oxygens (including phenoxy) is 1. The highest BCUT2D eigenvalue weighted by molar-refractivity contribution is 7.91. The lowest BCUT2D eigenvalue weighted by Crippen LogP contribution is -2.15. The van der Waals surface area contributed by atoms with E-state index >= 15 is 0 Å². The highest BCUT2D eigenvalue weighted by atomic mass is 35.5. The van der Waals surface area contributed by atoms with Crippen molar-refractivity contribution in [3.8, 4) is 17.1 Å². The number of sulfone groups is 1. The summed E-state index contributed by atoms with van der Waals surface area (Å²) < 4.78 is 29.8. The van der Waals surface area contributed by atoms with E-state index in [-0.39, 0.29) is 17.2 Å². The standard InChI is InChI=1S/C16H15ClN4O3S/c1-24-14-4-2-3-12(11-14)16-18-20-21(19-16)9-10-25(22,23)15-7-5-13(17)6-8-15/h2-8,11H,9-10H2,1H3. The Bertz CT molecular complexity index is 971. The summed E-state index contributed by atoms with van der Waals surface area (Å²) in [5, 5.41) is 12.6. The van der Waals surface area contributed by atoms with Crippen molar-refractivity contribution in [3.63, 3.8) is 0 Å². The molecule has 0 spiro atoms. The molecule has 2 aromatic carbocycles. The Morgan fingerprint density at radius 3 is 2.64 bits per heavy atom. The summed E-state index contributed by atoms with van der Waals surface area (Å²) in [7, 11) is -1.87. The molecule has 0 radical (unpaired) electrons. The molecule has 0 saturated carbocycles. The van der Waals surface area contributed by atoms with Crippen molar-refractivity contribution in [3.05, 3.63) is 53.6 Å². The van der Waals surface area contributed by atoms with Crippen molar-refractivity contribution in [1.29, 1.82) is 0 Å². The van der Waals surface area contributed by atoms with E-state index in [2.05, 4.69) is 15.4 Å². The van der Waals surface area contributed by atoms with Crippen LogP contribution < -0.4 is 4.74 Å². The van der Waals surface area contributed by atoms with Gasteiger partial charge in [-0.05, 0) is 41.6 Å². The SMILES string of the molecule is COc1cccc(-c2nnn(CCS(=O)(=O)c3ccc(Cl)cc3)n2)c1. The molecule has 0 saturated heterocycles. The molecule has 0 aliphatic heterocycles. The van der Waals surface area contributed by atoms with E-state index in [0.29, 0.717) is 16.6 Å². The summed E-state index contributed by atoms with van der Waals surface area (Å²) in [5.41, 5.74) is 0.742. The van der Waals surface area contributed by atoms with Crippen LogP contribution in [0.3, 0.4) is 0 Å². The van der Waals surface area contributed by atoms with Crippen molar-refractivity contribution in [2.75, 3.05) is 12.9 Å². The second-order valence-electron chi connectivity index (χ2n) is 5.21. The number of nitrogens with zero attached hydrogens (tertiary/aromatic N) is 4. The van der Waals surface area contributed by atoms with Crippen LogP contribution in [0.15, 0.2) is 53.4 Å². The molecule has 0 N–H and O–H groups in total. The van der Waals surface area contributed by atoms with Gasteiger partial charge >= 0.3 is 0 Å². The largest absolute Gasteiger partial charge is 0.497 e. The number of halogens is 1. The van der Waals surface area contributed by atoms with Crippen molar-refractivity contribution in [2.45, 2.75) is 11.4 Å². The normalized spacial score (nSPS) is 11.4. The molecule has 1 aromatic heterocycles. The average Bonchev–Trinajstić information content (AvgIpc) is 3.10. The van der Waals surface area contributed by atoms with E-state index in [0.717, 1.165) is 5.56 Å². The molecule has 3 aromatic rings. The van der Waals surface area contributed by atoms with Gasteiger partial charge in [0.05, 0.1) is 24.3 Å². The number of aryl methyl sites for hydroxylation is 1. The molecule has 1 heterocycles. The van der Waals surface area contributed by atoms with Gasteiger partial charge in [0.25, 0.3) is 0 Å². The first kappa shape index (κ1) is 17.4. The fourth-order valence-electron chi connectivity index (χ4n) is 2.18. The zero-order valence-corrected chi connectivity index (χ0v) is 14.9. The van der Waals surface area contributed by atoms with Crippen LogP contribution in [0.1, 0.15) is 0 Å². The maximum atomic E-state index is 12.3. The Kier molecular flexibility index (Phi) is 5.00. The van der Waals surface area contributed by atoms with Crippen LogP contribution in [0.25, 0.3) is 11.4 Å². The third-order valence-corrected chi connectivity index (χ3v) is 5.48. The second kappa shape index (κ2) is 7.20. The summed E-state index contributed by atoms with van der Waals surface area (Å²) in [6.07, 6.45) is 0. The van der Waals surface area contributed by atoms with Gasteiger partial charge in [-0.25, -0.2) is 8.42 Å². The Labute approximate surface area is 150 Å². The van der Waals surface area contributed by atoms with Gasteiger partial charge < -0.3 is 4.74 Å². The van der Waals surface area contributed by atoms with E-state index < -0.39 is 9.84 Å². The van der Waals surface area contributed by atoms with E-state index in [1.165, 1.54) is 16.9 Å². The lowest BCUT2D eigenvalue weighted by molar-refractivity contribution is 0.415. The first-order valence-electron chi connectivity index (χ1n) is 7.38. The topological polar surface area (TPSA) is 87.0 Å². The second-order valence-corrected chi connectivity index (χ2v) is 7.76. The third-order valence-electron chi connectivity index (χ3n) is 3.51. The Balaban J connectivity index is 1.72. The van der Waals surface area contributed by atoms with Gasteiger partial charge in [-0.2, -0.15) is 4.80 Å². The van der Waals surface area contributed by atoms with E-state index in [9.17, 15) is 8.42 Å². The third kappa shape index (κ3) is 4.15. The van der Waals surface area contributed by atoms with E-state index in [1.807, 2.05) is 18.2 Å². The minimum atomic E-state index is -3.45. The predicted octanol–water partition coefficient (Wildman–Crippen LogP) is 2.48. The molecule has 0 unspecified atom stereocenters. The fraction of sp³-hybridized carbons (Fsp3) is 0.188. The van der Waals surface area contributed by atoms with Gasteiger partial charge in [0, 0.05) is 10.6 Å². The van der Waals surface area contributed by atoms with Crippen LogP contribution in [-0.2, 0) is 16.4 Å². The average molecular weight is 379 g/mol. The van der Waals surface area contributed by atoms with Crippen molar-refractivity contribution in [1.82, 2.24) is 20.2 Å². The molecule has 0 aliphatic carbocycles. The zero-order valence-electron chi connectivity index (χ0n) is 13.3. The first-order chi connectivity index (χ1) is 12.0. The van der Waals surface area contributed by atoms with Gasteiger partial charge in [-0.3, -0.25) is 0 Å². The Morgan fingerprint density at radius 2 is 1.92 bits per heavy atom. The lowest BCUT2D eigenvalue weighted by atomic mass is 10.2. The molecule has 0 atom stereocenters. The monoisotopic (exact) mass is 378 g/mol. The quantitative estimate of drug-likeness (QED) is 0.654. The Hall–Kier alpha value is -2.45. The number of rotatable bonds is 6. The summed E-state index contributed by atoms with van der Waals surface area (Å²) in [6.45, 7) is 0.0991. The summed E-state index contributed by atoms with van der Waals surface area (Å²) in [5.74, 6) is 0.949. The van der Waals surface area contributed by atoms with Crippen molar-refractivity contribution < 1.29 is 13.2 Å². The number of methoxy groups -OCH3 is 1. The van der Waals surface area contributed by atoms with Gasteiger partial charge in [0.2, 0.25) is 5.82 Å². The van der Waals surface area contributed by atoms with Crippen LogP contribution in [0.4, 0.5) is 0 Å². The molecular weight excluding hydrogens is 364 g/mol. The number of hydrogen-bond donors (Lipinski definition) is 0. The Morgan fingerprint density at radius 1 is 1.16 bits per heavy atom. The number of hydrogen-bond acceptors (Lipinski definition) is 6. The van der Waals surface area contributed by atoms with Gasteiger partial charge in [-0.1, -0.05) is 23.7 Å². The zero-order chi connectivity index (χ0) is 17.9. The molecular formula is C16H15ClN4O3S. The van der Waals surface area contributed by atoms with Crippen LogP contribution in [0.2, 0.25) is 5.02 Å². The molecule has 0 amide bonds. The molecule has 0 aliphatic rings. The lowest BCUT2D eigenvalue weighted by Gasteiger charge is -2.04. The minimum Gasteiger partial charge on any atom is -0.497 e. The molecule has 0 bridgehead atoms. The van der Waals surface area contributed by atoms with E-state index in [1.54, 1.807) is 25.3 Å². The smallest absolute Gasteiger partial charge is 0.205 e. The van der Waals surface area contributed by atoms with E-state index in [4.69, 9.17) is 16.3 Å². The maximum Gasteiger partial charge on any atom is 0.205 e. The van der Waals surface area contributed by atoms with Gasteiger partial charge in [0.1, 0.15) is 5.75 Å². The van der Waals surface area contributed by atoms with Crippen molar-refractivity contribution in [2.24, 2.45) is 0 Å². The number of aromatic nitrogens is 4. The van der Waals surface area contributed by atoms with Crippen LogP contribution in [0, 0.1) is 0 Å². The van der Waals surface area contributed by atoms with Crippen molar-refractivity contribution >= 4 is 21.4 Å². The van der Waals surface area contributed by atoms with Gasteiger partial charge in [0.15, 0.2) is 9.84 Å². The highest BCUT2D eigenvalue weighted by Gasteiger charge is 2.16. The molecule has 9 heteroatoms. The highest BCUT2D eigenvalue weighted by Crippen LogP contribution is 2.20. The maximum absolute atomic E-state index is 12.3. The molecule has 7 nitrogen and oxygen atoms in total. The molecule has 25 heavy (non-hydrogen) atoms. The van der Waals surface area contributed by atoms with Crippen LogP contribution >= 0.6 is 11.6 Å². The summed E-state index contributed by atoms with van der Waals surface area (Å²) in [6, 6.07) is 13.3. The first-order valence-corrected chi connectivity index (χ1v) is 9.41. The van der Waals surface area contributed by atoms with Gasteiger partial charge in [-0.15, -0.1) is 10.2 Å². The molecule has 130 valence electrons. The summed E-state index contributed by atoms with van der Waals surface area (Å²) >= 11 is 5.78. The van der Waals surface area contributed by atoms with Crippen LogP contribution in [0.5, 0.6) is 5.75 Å². The number of benzene rings is 2. The number of tetrazole rings is 1. The minimum absolute atomic E-state index is 0.0991. The fourth-order valence-corrected chi connectivity index (χ4v) is 3.49.